The summed E-state index contributed by atoms with van der Waals surface area (Å²) in [5.41, 5.74) is 9.39. The summed E-state index contributed by atoms with van der Waals surface area (Å²) in [6, 6.07) is 10.5. The van der Waals surface area contributed by atoms with Gasteiger partial charge in [0.25, 0.3) is 0 Å². The quantitative estimate of drug-likeness (QED) is 0.701. The van der Waals surface area contributed by atoms with Crippen molar-refractivity contribution in [2.24, 2.45) is 5.92 Å². The largest absolute Gasteiger partial charge is 0.397 e. The van der Waals surface area contributed by atoms with Crippen LogP contribution in [0.25, 0.3) is 11.3 Å². The summed E-state index contributed by atoms with van der Waals surface area (Å²) in [6.07, 6.45) is 2.81. The molecule has 0 unspecified atom stereocenters. The number of benzene rings is 1. The third-order valence-corrected chi connectivity index (χ3v) is 5.34. The molecule has 1 aliphatic heterocycles. The molecule has 30 heavy (non-hydrogen) atoms. The molecule has 0 bridgehead atoms. The average Bonchev–Trinajstić information content (AvgIpc) is 2.67. The molecule has 0 aliphatic carbocycles. The molecule has 0 atom stereocenters. The summed E-state index contributed by atoms with van der Waals surface area (Å²) in [4.78, 5) is 23.1. The first-order valence-corrected chi connectivity index (χ1v) is 9.79. The second-order valence-electron chi connectivity index (χ2n) is 7.71. The van der Waals surface area contributed by atoms with Crippen LogP contribution in [0.2, 0.25) is 0 Å². The van der Waals surface area contributed by atoms with Gasteiger partial charge >= 0.3 is 0 Å². The third-order valence-electron chi connectivity index (χ3n) is 5.34. The monoisotopic (exact) mass is 408 g/mol. The van der Waals surface area contributed by atoms with Crippen LogP contribution >= 0.6 is 0 Å². The molecule has 4 rings (SSSR count). The molecule has 1 amide bonds. The summed E-state index contributed by atoms with van der Waals surface area (Å²) in [5, 5.41) is 0. The number of hydrogen-bond acceptors (Lipinski definition) is 4. The van der Waals surface area contributed by atoms with E-state index in [4.69, 9.17) is 5.73 Å². The maximum atomic E-state index is 14.1. The van der Waals surface area contributed by atoms with Crippen LogP contribution in [-0.2, 0) is 17.6 Å². The van der Waals surface area contributed by atoms with E-state index in [1.165, 1.54) is 12.1 Å². The van der Waals surface area contributed by atoms with Crippen LogP contribution in [0.1, 0.15) is 17.0 Å². The molecular formula is C23H22F2N4O. The van der Waals surface area contributed by atoms with Crippen molar-refractivity contribution in [3.63, 3.8) is 0 Å². The first-order chi connectivity index (χ1) is 14.4. The number of aryl methyl sites for hydroxylation is 1. The number of amides is 1. The van der Waals surface area contributed by atoms with E-state index in [2.05, 4.69) is 16.0 Å². The molecule has 0 spiro atoms. The minimum atomic E-state index is -0.708. The van der Waals surface area contributed by atoms with Crippen LogP contribution in [0.5, 0.6) is 0 Å². The molecule has 7 heteroatoms. The lowest BCUT2D eigenvalue weighted by molar-refractivity contribution is -0.136. The highest BCUT2D eigenvalue weighted by atomic mass is 19.1. The maximum absolute atomic E-state index is 14.1. The number of rotatable bonds is 5. The lowest BCUT2D eigenvalue weighted by Gasteiger charge is -2.39. The maximum Gasteiger partial charge on any atom is 0.228 e. The zero-order valence-corrected chi connectivity index (χ0v) is 16.6. The average molecular weight is 408 g/mol. The van der Waals surface area contributed by atoms with Crippen LogP contribution in [0.15, 0.2) is 48.7 Å². The van der Waals surface area contributed by atoms with E-state index in [-0.39, 0.29) is 17.9 Å². The topological polar surface area (TPSA) is 72.1 Å². The molecule has 2 aromatic heterocycles. The van der Waals surface area contributed by atoms with Crippen molar-refractivity contribution in [1.82, 2.24) is 14.9 Å². The molecule has 154 valence electrons. The fraction of sp³-hybridized carbons (Fsp3) is 0.261. The Morgan fingerprint density at radius 3 is 2.67 bits per heavy atom. The van der Waals surface area contributed by atoms with Gasteiger partial charge in [-0.25, -0.2) is 8.78 Å². The number of halogens is 2. The Kier molecular flexibility index (Phi) is 5.44. The summed E-state index contributed by atoms with van der Waals surface area (Å²) < 4.78 is 27.2. The number of aromatic nitrogens is 2. The van der Waals surface area contributed by atoms with Crippen molar-refractivity contribution < 1.29 is 13.6 Å². The molecule has 0 saturated carbocycles. The van der Waals surface area contributed by atoms with Crippen LogP contribution < -0.4 is 5.73 Å². The van der Waals surface area contributed by atoms with Gasteiger partial charge in [-0.2, -0.15) is 0 Å². The highest BCUT2D eigenvalue weighted by Crippen LogP contribution is 2.26. The Morgan fingerprint density at radius 2 is 1.97 bits per heavy atom. The number of pyridine rings is 2. The Morgan fingerprint density at radius 1 is 1.17 bits per heavy atom. The van der Waals surface area contributed by atoms with E-state index in [1.54, 1.807) is 17.0 Å². The van der Waals surface area contributed by atoms with Crippen LogP contribution in [-0.4, -0.2) is 33.9 Å². The fourth-order valence-electron chi connectivity index (χ4n) is 3.61. The number of likely N-dealkylation sites (tertiary alicyclic amines) is 1. The molecule has 1 saturated heterocycles. The van der Waals surface area contributed by atoms with Crippen molar-refractivity contribution in [2.75, 3.05) is 18.8 Å². The minimum Gasteiger partial charge on any atom is -0.397 e. The molecule has 3 heterocycles. The van der Waals surface area contributed by atoms with E-state index in [0.717, 1.165) is 23.7 Å². The lowest BCUT2D eigenvalue weighted by atomic mass is 9.92. The predicted molar refractivity (Wildman–Crippen MR) is 110 cm³/mol. The number of nitrogens with zero attached hydrogens (tertiary/aromatic N) is 3. The van der Waals surface area contributed by atoms with Crippen molar-refractivity contribution in [2.45, 2.75) is 19.8 Å². The van der Waals surface area contributed by atoms with Crippen LogP contribution in [0, 0.1) is 24.5 Å². The van der Waals surface area contributed by atoms with Gasteiger partial charge in [-0.1, -0.05) is 6.07 Å². The Balaban J connectivity index is 1.39. The summed E-state index contributed by atoms with van der Waals surface area (Å²) >= 11 is 0. The number of hydrogen-bond donors (Lipinski definition) is 1. The van der Waals surface area contributed by atoms with Gasteiger partial charge in [0.05, 0.1) is 23.5 Å². The molecule has 0 radical (unpaired) electrons. The number of carbonyl (C=O) groups is 1. The SMILES string of the molecule is Cc1ccc(CC2CN(C(=O)Cc3nc(-c4ccc(F)cc4F)ccc3N)C2)cn1. The van der Waals surface area contributed by atoms with Gasteiger partial charge in [-0.3, -0.25) is 14.8 Å². The number of anilines is 1. The first-order valence-electron chi connectivity index (χ1n) is 9.79. The molecule has 3 aromatic rings. The Hall–Kier alpha value is -3.35. The minimum absolute atomic E-state index is 0.0430. The number of nitrogen functional groups attached to an aromatic ring is 1. The zero-order valence-electron chi connectivity index (χ0n) is 16.6. The van der Waals surface area contributed by atoms with Gasteiger partial charge < -0.3 is 10.6 Å². The predicted octanol–water partition coefficient (Wildman–Crippen LogP) is 3.56. The smallest absolute Gasteiger partial charge is 0.228 e. The van der Waals surface area contributed by atoms with Gasteiger partial charge in [0.2, 0.25) is 5.91 Å². The normalized spacial score (nSPS) is 13.9. The van der Waals surface area contributed by atoms with Crippen LogP contribution in [0.4, 0.5) is 14.5 Å². The van der Waals surface area contributed by atoms with E-state index in [1.807, 2.05) is 19.2 Å². The molecule has 2 N–H and O–H groups in total. The standard InChI is InChI=1S/C23H22F2N4O/c1-14-2-3-15(11-27-14)8-16-12-29(13-16)23(30)10-22-20(26)6-7-21(28-22)18-5-4-17(24)9-19(18)25/h2-7,9,11,16H,8,10,12-13,26H2,1H3. The molecular weight excluding hydrogens is 386 g/mol. The second-order valence-corrected chi connectivity index (χ2v) is 7.71. The van der Waals surface area contributed by atoms with Gasteiger partial charge in [-0.15, -0.1) is 0 Å². The zero-order chi connectivity index (χ0) is 21.3. The molecule has 5 nitrogen and oxygen atoms in total. The highest BCUT2D eigenvalue weighted by molar-refractivity contribution is 5.81. The van der Waals surface area contributed by atoms with Gasteiger partial charge in [0, 0.05) is 36.6 Å². The summed E-state index contributed by atoms with van der Waals surface area (Å²) in [6.45, 7) is 3.31. The fourth-order valence-corrected chi connectivity index (χ4v) is 3.61. The number of carbonyl (C=O) groups excluding carboxylic acids is 1. The molecule has 1 fully saturated rings. The lowest BCUT2D eigenvalue weighted by Crippen LogP contribution is -2.51. The van der Waals surface area contributed by atoms with Crippen LogP contribution in [0.3, 0.4) is 0 Å². The Bertz CT molecular complexity index is 1080. The van der Waals surface area contributed by atoms with Crippen molar-refractivity contribution in [3.8, 4) is 11.3 Å². The molecule has 1 aromatic carbocycles. The van der Waals surface area contributed by atoms with E-state index in [0.29, 0.717) is 36.1 Å². The van der Waals surface area contributed by atoms with Gasteiger partial charge in [-0.05, 0) is 55.2 Å². The first kappa shape index (κ1) is 19.9. The summed E-state index contributed by atoms with van der Waals surface area (Å²) in [7, 11) is 0. The van der Waals surface area contributed by atoms with E-state index < -0.39 is 11.6 Å². The van der Waals surface area contributed by atoms with Gasteiger partial charge in [0.1, 0.15) is 11.6 Å². The Labute approximate surface area is 173 Å². The third kappa shape index (κ3) is 4.30. The van der Waals surface area contributed by atoms with Crippen molar-refractivity contribution in [1.29, 1.82) is 0 Å². The van der Waals surface area contributed by atoms with E-state index in [9.17, 15) is 13.6 Å². The summed E-state index contributed by atoms with van der Waals surface area (Å²) in [5.74, 6) is -1.02. The second kappa shape index (κ2) is 8.18. The van der Waals surface area contributed by atoms with E-state index >= 15 is 0 Å². The van der Waals surface area contributed by atoms with Crippen molar-refractivity contribution in [3.05, 3.63) is 77.2 Å². The number of nitrogens with two attached hydrogens (primary N) is 1. The highest BCUT2D eigenvalue weighted by Gasteiger charge is 2.31. The van der Waals surface area contributed by atoms with Gasteiger partial charge in [0.15, 0.2) is 0 Å². The van der Waals surface area contributed by atoms with Crippen molar-refractivity contribution >= 4 is 11.6 Å². The molecule has 1 aliphatic rings.